The summed E-state index contributed by atoms with van der Waals surface area (Å²) in [5.41, 5.74) is 2.04. The Hall–Kier alpha value is -0.820. The van der Waals surface area contributed by atoms with Gasteiger partial charge in [-0.25, -0.2) is 0 Å². The summed E-state index contributed by atoms with van der Waals surface area (Å²) in [6.45, 7) is 11.7. The van der Waals surface area contributed by atoms with E-state index in [1.165, 1.54) is 25.8 Å². The Kier molecular flexibility index (Phi) is 5.26. The van der Waals surface area contributed by atoms with Crippen LogP contribution in [0.25, 0.3) is 0 Å². The molecule has 1 heteroatoms. The van der Waals surface area contributed by atoms with Crippen molar-refractivity contribution in [3.05, 3.63) is 35.9 Å². The molecule has 1 aliphatic carbocycles. The zero-order chi connectivity index (χ0) is 14.6. The van der Waals surface area contributed by atoms with Crippen LogP contribution in [0.1, 0.15) is 58.4 Å². The molecule has 0 aliphatic heterocycles. The van der Waals surface area contributed by atoms with Gasteiger partial charge in [0.15, 0.2) is 0 Å². The zero-order valence-corrected chi connectivity index (χ0v) is 13.7. The van der Waals surface area contributed by atoms with Crippen LogP contribution in [0.3, 0.4) is 0 Å². The van der Waals surface area contributed by atoms with Gasteiger partial charge in [0, 0.05) is 6.54 Å². The second kappa shape index (κ2) is 6.76. The topological polar surface area (TPSA) is 12.0 Å². The van der Waals surface area contributed by atoms with Gasteiger partial charge in [0.05, 0.1) is 0 Å². The molecule has 112 valence electrons. The van der Waals surface area contributed by atoms with Gasteiger partial charge in [-0.15, -0.1) is 0 Å². The molecule has 0 bridgehead atoms. The smallest absolute Gasteiger partial charge is 0.00106 e. The Morgan fingerprint density at radius 3 is 2.35 bits per heavy atom. The van der Waals surface area contributed by atoms with Crippen LogP contribution in [0, 0.1) is 17.3 Å². The third kappa shape index (κ3) is 3.44. The number of rotatable bonds is 8. The van der Waals surface area contributed by atoms with Crippen LogP contribution in [0.2, 0.25) is 0 Å². The average molecular weight is 273 g/mol. The second-order valence-corrected chi connectivity index (χ2v) is 6.95. The average Bonchev–Trinajstić information content (AvgIpc) is 3.26. The Bertz CT molecular complexity index is 391. The van der Waals surface area contributed by atoms with E-state index in [0.717, 1.165) is 24.3 Å². The molecule has 0 spiro atoms. The van der Waals surface area contributed by atoms with Crippen LogP contribution in [0.5, 0.6) is 0 Å². The van der Waals surface area contributed by atoms with Crippen LogP contribution in [-0.4, -0.2) is 13.1 Å². The van der Waals surface area contributed by atoms with E-state index in [2.05, 4.69) is 63.3 Å². The van der Waals surface area contributed by atoms with Crippen LogP contribution in [0.15, 0.2) is 30.3 Å². The lowest BCUT2D eigenvalue weighted by Crippen LogP contribution is -2.37. The van der Waals surface area contributed by atoms with Crippen LogP contribution in [-0.2, 0) is 0 Å². The molecule has 1 aromatic carbocycles. The van der Waals surface area contributed by atoms with Gasteiger partial charge < -0.3 is 5.32 Å². The van der Waals surface area contributed by atoms with Gasteiger partial charge in [-0.3, -0.25) is 0 Å². The number of hydrogen-bond donors (Lipinski definition) is 1. The third-order valence-electron chi connectivity index (χ3n) is 5.24. The van der Waals surface area contributed by atoms with Crippen molar-refractivity contribution in [3.63, 3.8) is 0 Å². The Labute approximate surface area is 125 Å². The first-order chi connectivity index (χ1) is 9.63. The molecular formula is C19H31N. The fourth-order valence-electron chi connectivity index (χ4n) is 3.71. The molecule has 0 heterocycles. The van der Waals surface area contributed by atoms with Crippen molar-refractivity contribution >= 4 is 0 Å². The molecule has 1 N–H and O–H groups in total. The van der Waals surface area contributed by atoms with E-state index in [-0.39, 0.29) is 0 Å². The highest BCUT2D eigenvalue weighted by Gasteiger charge is 2.50. The van der Waals surface area contributed by atoms with E-state index >= 15 is 0 Å². The summed E-state index contributed by atoms with van der Waals surface area (Å²) in [6.07, 6.45) is 3.97. The molecular weight excluding hydrogens is 242 g/mol. The lowest BCUT2D eigenvalue weighted by molar-refractivity contribution is 0.200. The van der Waals surface area contributed by atoms with E-state index < -0.39 is 0 Å². The van der Waals surface area contributed by atoms with Crippen molar-refractivity contribution in [2.75, 3.05) is 13.1 Å². The lowest BCUT2D eigenvalue weighted by atomic mass is 9.76. The molecule has 1 saturated carbocycles. The molecule has 2 rings (SSSR count). The molecule has 1 nitrogen and oxygen atoms in total. The van der Waals surface area contributed by atoms with Gasteiger partial charge in [-0.05, 0) is 54.5 Å². The Balaban J connectivity index is 1.99. The highest BCUT2D eigenvalue weighted by Crippen LogP contribution is 2.59. The first kappa shape index (κ1) is 15.6. The number of benzene rings is 1. The summed E-state index contributed by atoms with van der Waals surface area (Å²) in [4.78, 5) is 0. The Morgan fingerprint density at radius 2 is 1.80 bits per heavy atom. The summed E-state index contributed by atoms with van der Waals surface area (Å²) in [7, 11) is 0. The van der Waals surface area contributed by atoms with Gasteiger partial charge in [0.2, 0.25) is 0 Å². The van der Waals surface area contributed by atoms with E-state index in [9.17, 15) is 0 Å². The van der Waals surface area contributed by atoms with Crippen molar-refractivity contribution in [1.82, 2.24) is 5.32 Å². The third-order valence-corrected chi connectivity index (χ3v) is 5.24. The number of hydrogen-bond acceptors (Lipinski definition) is 1. The van der Waals surface area contributed by atoms with Crippen LogP contribution in [0.4, 0.5) is 0 Å². The monoisotopic (exact) mass is 273 g/mol. The maximum absolute atomic E-state index is 3.72. The summed E-state index contributed by atoms with van der Waals surface area (Å²) >= 11 is 0. The summed E-state index contributed by atoms with van der Waals surface area (Å²) in [6, 6.07) is 11.1. The van der Waals surface area contributed by atoms with Crippen LogP contribution < -0.4 is 5.32 Å². The molecule has 0 amide bonds. The summed E-state index contributed by atoms with van der Waals surface area (Å²) in [5.74, 6) is 2.42. The molecule has 0 radical (unpaired) electrons. The highest BCUT2D eigenvalue weighted by molar-refractivity contribution is 5.27. The fourth-order valence-corrected chi connectivity index (χ4v) is 3.71. The molecule has 2 unspecified atom stereocenters. The van der Waals surface area contributed by atoms with Gasteiger partial charge >= 0.3 is 0 Å². The minimum Gasteiger partial charge on any atom is -0.316 e. The van der Waals surface area contributed by atoms with E-state index in [0.29, 0.717) is 5.41 Å². The van der Waals surface area contributed by atoms with E-state index in [1.54, 1.807) is 5.56 Å². The van der Waals surface area contributed by atoms with Crippen LogP contribution >= 0.6 is 0 Å². The minimum atomic E-state index is 0.495. The van der Waals surface area contributed by atoms with Crippen molar-refractivity contribution in [2.24, 2.45) is 17.3 Å². The quantitative estimate of drug-likeness (QED) is 0.714. The summed E-state index contributed by atoms with van der Waals surface area (Å²) in [5, 5.41) is 3.72. The fraction of sp³-hybridized carbons (Fsp3) is 0.684. The van der Waals surface area contributed by atoms with Gasteiger partial charge in [0.1, 0.15) is 0 Å². The molecule has 20 heavy (non-hydrogen) atoms. The van der Waals surface area contributed by atoms with Crippen molar-refractivity contribution < 1.29 is 0 Å². The summed E-state index contributed by atoms with van der Waals surface area (Å²) < 4.78 is 0. The molecule has 2 atom stereocenters. The number of nitrogens with one attached hydrogen (secondary N) is 1. The Morgan fingerprint density at radius 1 is 1.15 bits per heavy atom. The predicted molar refractivity (Wildman–Crippen MR) is 88.0 cm³/mol. The normalized spacial score (nSPS) is 22.2. The molecule has 0 saturated heterocycles. The maximum atomic E-state index is 3.72. The molecule has 1 fully saturated rings. The van der Waals surface area contributed by atoms with E-state index in [1.807, 2.05) is 0 Å². The molecule has 1 aliphatic rings. The second-order valence-electron chi connectivity index (χ2n) is 6.95. The van der Waals surface area contributed by atoms with Crippen molar-refractivity contribution in [3.8, 4) is 0 Å². The van der Waals surface area contributed by atoms with Gasteiger partial charge in [0.25, 0.3) is 0 Å². The van der Waals surface area contributed by atoms with Gasteiger partial charge in [-0.1, -0.05) is 58.0 Å². The predicted octanol–water partition coefficient (Wildman–Crippen LogP) is 4.84. The first-order valence-corrected chi connectivity index (χ1v) is 8.38. The van der Waals surface area contributed by atoms with Crippen molar-refractivity contribution in [1.29, 1.82) is 0 Å². The highest BCUT2D eigenvalue weighted by atomic mass is 14.9. The van der Waals surface area contributed by atoms with E-state index in [4.69, 9.17) is 0 Å². The largest absolute Gasteiger partial charge is 0.316 e. The molecule has 0 aromatic heterocycles. The maximum Gasteiger partial charge on any atom is 0.00106 e. The standard InChI is InChI=1S/C19H31N/c1-5-19(6-2,14-20-13-15(3)4)18-12-17(18)16-10-8-7-9-11-16/h7-11,15,17-18,20H,5-6,12-14H2,1-4H3. The molecule has 1 aromatic rings. The minimum absolute atomic E-state index is 0.495. The lowest BCUT2D eigenvalue weighted by Gasteiger charge is -2.33. The first-order valence-electron chi connectivity index (χ1n) is 8.38. The zero-order valence-electron chi connectivity index (χ0n) is 13.7. The van der Waals surface area contributed by atoms with Crippen molar-refractivity contribution in [2.45, 2.75) is 52.9 Å². The SMILES string of the molecule is CCC(CC)(CNCC(C)C)C1CC1c1ccccc1. The van der Waals surface area contributed by atoms with Gasteiger partial charge in [-0.2, -0.15) is 0 Å².